The summed E-state index contributed by atoms with van der Waals surface area (Å²) in [4.78, 5) is 18.4. The monoisotopic (exact) mass is 298 g/mol. The minimum atomic E-state index is -0.156. The standard InChI is InChI=1S/C15H23ClN2O2/c1-10(9-20-6)18(5)14(19)11-7-12(15(2,3)4)17-13(16)8-11/h7-8,10H,9H2,1-6H3. The Morgan fingerprint density at radius 2 is 2.05 bits per heavy atom. The molecular formula is C15H23ClN2O2. The molecule has 0 radical (unpaired) electrons. The number of pyridine rings is 1. The van der Waals surface area contributed by atoms with E-state index in [0.717, 1.165) is 5.69 Å². The number of halogens is 1. The highest BCUT2D eigenvalue weighted by Gasteiger charge is 2.22. The maximum absolute atomic E-state index is 12.5. The molecule has 0 bridgehead atoms. The van der Waals surface area contributed by atoms with Crippen molar-refractivity contribution >= 4 is 17.5 Å². The second-order valence-corrected chi connectivity index (χ2v) is 6.42. The summed E-state index contributed by atoms with van der Waals surface area (Å²) in [6.07, 6.45) is 0. The smallest absolute Gasteiger partial charge is 0.254 e. The van der Waals surface area contributed by atoms with Crippen molar-refractivity contribution in [2.75, 3.05) is 20.8 Å². The predicted octanol–water partition coefficient (Wildman–Crippen LogP) is 3.14. The second kappa shape index (κ2) is 6.55. The van der Waals surface area contributed by atoms with Crippen LogP contribution in [0.1, 0.15) is 43.7 Å². The largest absolute Gasteiger partial charge is 0.383 e. The van der Waals surface area contributed by atoms with Gasteiger partial charge >= 0.3 is 0 Å². The molecule has 1 aromatic heterocycles. The number of aromatic nitrogens is 1. The zero-order valence-corrected chi connectivity index (χ0v) is 13.8. The quantitative estimate of drug-likeness (QED) is 0.802. The maximum Gasteiger partial charge on any atom is 0.254 e. The molecule has 0 aliphatic carbocycles. The van der Waals surface area contributed by atoms with Crippen LogP contribution in [-0.4, -0.2) is 42.6 Å². The van der Waals surface area contributed by atoms with E-state index >= 15 is 0 Å². The van der Waals surface area contributed by atoms with Gasteiger partial charge in [0.15, 0.2) is 0 Å². The number of likely N-dealkylation sites (N-methyl/N-ethyl adjacent to an activating group) is 1. The first-order valence-electron chi connectivity index (χ1n) is 6.61. The molecule has 0 aromatic carbocycles. The molecule has 0 N–H and O–H groups in total. The van der Waals surface area contributed by atoms with Gasteiger partial charge in [-0.1, -0.05) is 32.4 Å². The molecule has 0 fully saturated rings. The van der Waals surface area contributed by atoms with Crippen molar-refractivity contribution in [2.45, 2.75) is 39.2 Å². The second-order valence-electron chi connectivity index (χ2n) is 6.03. The summed E-state index contributed by atoms with van der Waals surface area (Å²) in [5.41, 5.74) is 1.21. The maximum atomic E-state index is 12.5. The Hall–Kier alpha value is -1.13. The minimum Gasteiger partial charge on any atom is -0.383 e. The zero-order chi connectivity index (χ0) is 15.5. The Balaban J connectivity index is 3.07. The first-order chi connectivity index (χ1) is 9.16. The fourth-order valence-electron chi connectivity index (χ4n) is 1.76. The number of ether oxygens (including phenoxy) is 1. The third-order valence-electron chi connectivity index (χ3n) is 3.20. The molecule has 1 amide bonds. The van der Waals surface area contributed by atoms with Crippen LogP contribution in [0.5, 0.6) is 0 Å². The summed E-state index contributed by atoms with van der Waals surface area (Å²) in [6.45, 7) is 8.55. The van der Waals surface area contributed by atoms with E-state index in [0.29, 0.717) is 17.3 Å². The fourth-order valence-corrected chi connectivity index (χ4v) is 1.97. The van der Waals surface area contributed by atoms with Crippen molar-refractivity contribution in [3.63, 3.8) is 0 Å². The van der Waals surface area contributed by atoms with Gasteiger partial charge in [0.05, 0.1) is 12.6 Å². The van der Waals surface area contributed by atoms with Gasteiger partial charge in [-0.3, -0.25) is 4.79 Å². The van der Waals surface area contributed by atoms with Gasteiger partial charge in [-0.15, -0.1) is 0 Å². The van der Waals surface area contributed by atoms with Crippen LogP contribution in [0.3, 0.4) is 0 Å². The Kier molecular flexibility index (Phi) is 5.54. The van der Waals surface area contributed by atoms with E-state index in [9.17, 15) is 4.79 Å². The van der Waals surface area contributed by atoms with Gasteiger partial charge in [-0.25, -0.2) is 4.98 Å². The molecule has 4 nitrogen and oxygen atoms in total. The summed E-state index contributed by atoms with van der Waals surface area (Å²) < 4.78 is 5.08. The normalized spacial score (nSPS) is 13.2. The third-order valence-corrected chi connectivity index (χ3v) is 3.39. The lowest BCUT2D eigenvalue weighted by Crippen LogP contribution is -2.38. The molecule has 5 heteroatoms. The van der Waals surface area contributed by atoms with E-state index in [1.807, 2.05) is 33.8 Å². The first-order valence-corrected chi connectivity index (χ1v) is 6.98. The summed E-state index contributed by atoms with van der Waals surface area (Å²) in [5.74, 6) is -0.0793. The Morgan fingerprint density at radius 1 is 1.45 bits per heavy atom. The van der Waals surface area contributed by atoms with E-state index in [1.165, 1.54) is 0 Å². The summed E-state index contributed by atoms with van der Waals surface area (Å²) in [5, 5.41) is 0.341. The number of rotatable bonds is 4. The molecule has 20 heavy (non-hydrogen) atoms. The molecule has 0 spiro atoms. The molecule has 1 rings (SSSR count). The highest BCUT2D eigenvalue weighted by atomic mass is 35.5. The van der Waals surface area contributed by atoms with E-state index in [4.69, 9.17) is 16.3 Å². The van der Waals surface area contributed by atoms with Crippen molar-refractivity contribution in [3.05, 3.63) is 28.5 Å². The fraction of sp³-hybridized carbons (Fsp3) is 0.600. The van der Waals surface area contributed by atoms with Crippen molar-refractivity contribution in [1.82, 2.24) is 9.88 Å². The number of methoxy groups -OCH3 is 1. The van der Waals surface area contributed by atoms with Crippen molar-refractivity contribution < 1.29 is 9.53 Å². The summed E-state index contributed by atoms with van der Waals surface area (Å²) in [7, 11) is 3.38. The summed E-state index contributed by atoms with van der Waals surface area (Å²) >= 11 is 6.04. The van der Waals surface area contributed by atoms with Crippen LogP contribution in [0.2, 0.25) is 5.15 Å². The van der Waals surface area contributed by atoms with E-state index in [1.54, 1.807) is 25.1 Å². The predicted molar refractivity (Wildman–Crippen MR) is 81.4 cm³/mol. The number of carbonyl (C=O) groups excluding carboxylic acids is 1. The van der Waals surface area contributed by atoms with Crippen molar-refractivity contribution in [2.24, 2.45) is 0 Å². The van der Waals surface area contributed by atoms with Gasteiger partial charge < -0.3 is 9.64 Å². The average molecular weight is 299 g/mol. The van der Waals surface area contributed by atoms with Gasteiger partial charge in [0.2, 0.25) is 0 Å². The van der Waals surface area contributed by atoms with Gasteiger partial charge in [-0.2, -0.15) is 0 Å². The molecule has 0 saturated heterocycles. The highest BCUT2D eigenvalue weighted by molar-refractivity contribution is 6.29. The Morgan fingerprint density at radius 3 is 2.55 bits per heavy atom. The van der Waals surface area contributed by atoms with Crippen LogP contribution in [0, 0.1) is 0 Å². The van der Waals surface area contributed by atoms with Crippen LogP contribution in [0.15, 0.2) is 12.1 Å². The van der Waals surface area contributed by atoms with Crippen LogP contribution in [0.25, 0.3) is 0 Å². The minimum absolute atomic E-state index is 0.00229. The van der Waals surface area contributed by atoms with Crippen molar-refractivity contribution in [3.8, 4) is 0 Å². The molecule has 1 heterocycles. The SMILES string of the molecule is COCC(C)N(C)C(=O)c1cc(Cl)nc(C(C)(C)C)c1. The molecule has 0 aliphatic heterocycles. The summed E-state index contributed by atoms with van der Waals surface area (Å²) in [6, 6.07) is 3.41. The molecule has 0 aliphatic rings. The zero-order valence-electron chi connectivity index (χ0n) is 13.0. The molecule has 1 atom stereocenters. The van der Waals surface area contributed by atoms with Crippen molar-refractivity contribution in [1.29, 1.82) is 0 Å². The lowest BCUT2D eigenvalue weighted by Gasteiger charge is -2.25. The number of nitrogens with zero attached hydrogens (tertiary/aromatic N) is 2. The first kappa shape index (κ1) is 16.9. The topological polar surface area (TPSA) is 42.4 Å². The molecular weight excluding hydrogens is 276 g/mol. The number of amides is 1. The van der Waals surface area contributed by atoms with Gasteiger partial charge in [0, 0.05) is 30.8 Å². The molecule has 112 valence electrons. The van der Waals surface area contributed by atoms with Crippen LogP contribution in [0.4, 0.5) is 0 Å². The van der Waals surface area contributed by atoms with E-state index in [2.05, 4.69) is 4.98 Å². The Labute approximate surface area is 126 Å². The van der Waals surface area contributed by atoms with Crippen LogP contribution >= 0.6 is 11.6 Å². The lowest BCUT2D eigenvalue weighted by atomic mass is 9.90. The average Bonchev–Trinajstić information content (AvgIpc) is 2.35. The number of carbonyl (C=O) groups is 1. The van der Waals surface area contributed by atoms with Crippen LogP contribution in [-0.2, 0) is 10.2 Å². The van der Waals surface area contributed by atoms with Gasteiger partial charge in [-0.05, 0) is 19.1 Å². The number of hydrogen-bond acceptors (Lipinski definition) is 3. The van der Waals surface area contributed by atoms with Crippen LogP contribution < -0.4 is 0 Å². The lowest BCUT2D eigenvalue weighted by molar-refractivity contribution is 0.0633. The highest BCUT2D eigenvalue weighted by Crippen LogP contribution is 2.24. The van der Waals surface area contributed by atoms with E-state index < -0.39 is 0 Å². The van der Waals surface area contributed by atoms with Gasteiger partial charge in [0.1, 0.15) is 5.15 Å². The molecule has 1 unspecified atom stereocenters. The number of hydrogen-bond donors (Lipinski definition) is 0. The third kappa shape index (κ3) is 4.18. The van der Waals surface area contributed by atoms with E-state index in [-0.39, 0.29) is 17.4 Å². The molecule has 0 saturated carbocycles. The van der Waals surface area contributed by atoms with Gasteiger partial charge in [0.25, 0.3) is 5.91 Å². The molecule has 1 aromatic rings. The Bertz CT molecular complexity index is 483.